The van der Waals surface area contributed by atoms with Crippen LogP contribution in [0.2, 0.25) is 0 Å². The molecule has 0 spiro atoms. The highest BCUT2D eigenvalue weighted by molar-refractivity contribution is 4.86. The molecule has 0 unspecified atom stereocenters. The van der Waals surface area contributed by atoms with Crippen molar-refractivity contribution in [2.75, 3.05) is 13.6 Å². The van der Waals surface area contributed by atoms with Gasteiger partial charge in [-0.05, 0) is 33.9 Å². The van der Waals surface area contributed by atoms with E-state index in [1.165, 1.54) is 0 Å². The lowest BCUT2D eigenvalue weighted by atomic mass is 10.3. The minimum Gasteiger partial charge on any atom is -0.320 e. The van der Waals surface area contributed by atoms with Crippen molar-refractivity contribution in [2.24, 2.45) is 0 Å². The van der Waals surface area contributed by atoms with Gasteiger partial charge in [0.2, 0.25) is 0 Å². The minimum absolute atomic E-state index is 0.409. The molecule has 74 valence electrons. The fourth-order valence-electron chi connectivity index (χ4n) is 1.31. The van der Waals surface area contributed by atoms with Crippen LogP contribution in [0.5, 0.6) is 0 Å². The van der Waals surface area contributed by atoms with Crippen LogP contribution in [0.3, 0.4) is 0 Å². The highest BCUT2D eigenvalue weighted by Crippen LogP contribution is 2.06. The van der Waals surface area contributed by atoms with E-state index in [2.05, 4.69) is 29.2 Å². The molecule has 0 aromatic carbocycles. The highest BCUT2D eigenvalue weighted by atomic mass is 15.3. The van der Waals surface area contributed by atoms with Crippen molar-refractivity contribution in [2.45, 2.75) is 32.7 Å². The van der Waals surface area contributed by atoms with Gasteiger partial charge in [-0.25, -0.2) is 9.67 Å². The van der Waals surface area contributed by atoms with Crippen LogP contribution in [0.1, 0.15) is 32.1 Å². The molecular weight excluding hydrogens is 164 g/mol. The van der Waals surface area contributed by atoms with Crippen LogP contribution >= 0.6 is 0 Å². The lowest BCUT2D eigenvalue weighted by Gasteiger charge is -2.08. The number of nitrogens with zero attached hydrogens (tertiary/aromatic N) is 3. The Bertz CT molecular complexity index is 242. The number of hydrogen-bond acceptors (Lipinski definition) is 3. The average molecular weight is 182 g/mol. The van der Waals surface area contributed by atoms with E-state index in [9.17, 15) is 0 Å². The van der Waals surface area contributed by atoms with Crippen molar-refractivity contribution < 1.29 is 0 Å². The Balaban J connectivity index is 2.50. The molecule has 0 radical (unpaired) electrons. The number of rotatable bonds is 5. The second-order valence-electron chi connectivity index (χ2n) is 3.42. The number of aromatic nitrogens is 3. The lowest BCUT2D eigenvalue weighted by Crippen LogP contribution is -2.12. The summed E-state index contributed by atoms with van der Waals surface area (Å²) in [5.74, 6) is 1.09. The molecule has 0 saturated carbocycles. The summed E-state index contributed by atoms with van der Waals surface area (Å²) >= 11 is 0. The third-order valence-corrected chi connectivity index (χ3v) is 1.96. The Morgan fingerprint density at radius 2 is 2.31 bits per heavy atom. The number of hydrogen-bond donors (Lipinski definition) is 1. The molecule has 1 aromatic heterocycles. The molecule has 0 saturated heterocycles. The first-order valence-electron chi connectivity index (χ1n) is 4.78. The van der Waals surface area contributed by atoms with Gasteiger partial charge in [-0.1, -0.05) is 0 Å². The zero-order chi connectivity index (χ0) is 9.68. The Morgan fingerprint density at radius 1 is 1.54 bits per heavy atom. The van der Waals surface area contributed by atoms with Crippen LogP contribution in [0.25, 0.3) is 0 Å². The molecule has 0 aliphatic rings. The van der Waals surface area contributed by atoms with Gasteiger partial charge in [-0.2, -0.15) is 5.10 Å². The second kappa shape index (κ2) is 4.97. The molecule has 1 aromatic rings. The molecule has 1 N–H and O–H groups in total. The molecule has 0 bridgehead atoms. The predicted octanol–water partition coefficient (Wildman–Crippen LogP) is 1.01. The molecule has 0 atom stereocenters. The lowest BCUT2D eigenvalue weighted by molar-refractivity contribution is 0.499. The first kappa shape index (κ1) is 10.2. The van der Waals surface area contributed by atoms with E-state index in [1.54, 1.807) is 6.33 Å². The summed E-state index contributed by atoms with van der Waals surface area (Å²) < 4.78 is 1.98. The van der Waals surface area contributed by atoms with E-state index in [1.807, 2.05) is 11.7 Å². The fourth-order valence-corrected chi connectivity index (χ4v) is 1.31. The molecule has 0 aliphatic carbocycles. The quantitative estimate of drug-likeness (QED) is 0.691. The largest absolute Gasteiger partial charge is 0.320 e. The van der Waals surface area contributed by atoms with E-state index in [0.717, 1.165) is 25.2 Å². The van der Waals surface area contributed by atoms with Crippen LogP contribution in [0.15, 0.2) is 6.33 Å². The van der Waals surface area contributed by atoms with Crippen molar-refractivity contribution in [1.29, 1.82) is 0 Å². The van der Waals surface area contributed by atoms with Crippen LogP contribution in [-0.4, -0.2) is 28.4 Å². The van der Waals surface area contributed by atoms with Gasteiger partial charge in [-0.15, -0.1) is 0 Å². The van der Waals surface area contributed by atoms with Crippen molar-refractivity contribution in [1.82, 2.24) is 20.1 Å². The molecule has 0 amide bonds. The molecule has 0 fully saturated rings. The topological polar surface area (TPSA) is 42.7 Å². The zero-order valence-corrected chi connectivity index (χ0v) is 8.62. The van der Waals surface area contributed by atoms with Crippen molar-refractivity contribution in [3.8, 4) is 0 Å². The van der Waals surface area contributed by atoms with Gasteiger partial charge in [0.1, 0.15) is 12.2 Å². The summed E-state index contributed by atoms with van der Waals surface area (Å²) in [5, 5.41) is 7.30. The maximum atomic E-state index is 4.23. The van der Waals surface area contributed by atoms with Crippen molar-refractivity contribution in [3.63, 3.8) is 0 Å². The van der Waals surface area contributed by atoms with Gasteiger partial charge in [0.05, 0.1) is 0 Å². The molecule has 4 heteroatoms. The van der Waals surface area contributed by atoms with Crippen molar-refractivity contribution in [3.05, 3.63) is 12.2 Å². The van der Waals surface area contributed by atoms with E-state index in [-0.39, 0.29) is 0 Å². The smallest absolute Gasteiger partial charge is 0.138 e. The van der Waals surface area contributed by atoms with Crippen LogP contribution in [0.4, 0.5) is 0 Å². The number of aryl methyl sites for hydroxylation is 1. The Kier molecular flexibility index (Phi) is 3.89. The molecular formula is C9H18N4. The second-order valence-corrected chi connectivity index (χ2v) is 3.42. The van der Waals surface area contributed by atoms with E-state index < -0.39 is 0 Å². The first-order valence-corrected chi connectivity index (χ1v) is 4.78. The maximum absolute atomic E-state index is 4.23. The number of nitrogens with one attached hydrogen (secondary N) is 1. The van der Waals surface area contributed by atoms with Gasteiger partial charge in [-0.3, -0.25) is 0 Å². The third-order valence-electron chi connectivity index (χ3n) is 1.96. The molecule has 13 heavy (non-hydrogen) atoms. The normalized spacial score (nSPS) is 11.1. The molecule has 4 nitrogen and oxygen atoms in total. The summed E-state index contributed by atoms with van der Waals surface area (Å²) in [5.41, 5.74) is 0. The standard InChI is InChI=1S/C9H18N4/c1-8(2)13-9(11-7-12-13)5-4-6-10-3/h7-8,10H,4-6H2,1-3H3. The third kappa shape index (κ3) is 2.81. The van der Waals surface area contributed by atoms with Gasteiger partial charge < -0.3 is 5.32 Å². The summed E-state index contributed by atoms with van der Waals surface area (Å²) in [6.45, 7) is 5.28. The van der Waals surface area contributed by atoms with Gasteiger partial charge >= 0.3 is 0 Å². The van der Waals surface area contributed by atoms with Crippen LogP contribution in [0, 0.1) is 0 Å². The summed E-state index contributed by atoms with van der Waals surface area (Å²) in [7, 11) is 1.97. The fraction of sp³-hybridized carbons (Fsp3) is 0.778. The van der Waals surface area contributed by atoms with Crippen molar-refractivity contribution >= 4 is 0 Å². The zero-order valence-electron chi connectivity index (χ0n) is 8.62. The Hall–Kier alpha value is -0.900. The molecule has 1 rings (SSSR count). The summed E-state index contributed by atoms with van der Waals surface area (Å²) in [4.78, 5) is 4.23. The summed E-state index contributed by atoms with van der Waals surface area (Å²) in [6.07, 6.45) is 3.75. The SMILES string of the molecule is CNCCCc1ncnn1C(C)C. The Labute approximate surface area is 79.4 Å². The monoisotopic (exact) mass is 182 g/mol. The van der Waals surface area contributed by atoms with E-state index in [4.69, 9.17) is 0 Å². The first-order chi connectivity index (χ1) is 6.25. The van der Waals surface area contributed by atoms with E-state index >= 15 is 0 Å². The van der Waals surface area contributed by atoms with Gasteiger partial charge in [0, 0.05) is 12.5 Å². The highest BCUT2D eigenvalue weighted by Gasteiger charge is 2.05. The van der Waals surface area contributed by atoms with Crippen LogP contribution < -0.4 is 5.32 Å². The van der Waals surface area contributed by atoms with Gasteiger partial charge in [0.15, 0.2) is 0 Å². The van der Waals surface area contributed by atoms with E-state index in [0.29, 0.717) is 6.04 Å². The summed E-state index contributed by atoms with van der Waals surface area (Å²) in [6, 6.07) is 0.409. The maximum Gasteiger partial charge on any atom is 0.138 e. The Morgan fingerprint density at radius 3 is 2.92 bits per heavy atom. The predicted molar refractivity (Wildman–Crippen MR) is 52.7 cm³/mol. The average Bonchev–Trinajstić information content (AvgIpc) is 2.53. The molecule has 0 aliphatic heterocycles. The minimum atomic E-state index is 0.409. The van der Waals surface area contributed by atoms with Gasteiger partial charge in [0.25, 0.3) is 0 Å². The van der Waals surface area contributed by atoms with Crippen LogP contribution in [-0.2, 0) is 6.42 Å². The molecule has 1 heterocycles.